The lowest BCUT2D eigenvalue weighted by Gasteiger charge is -2.14. The summed E-state index contributed by atoms with van der Waals surface area (Å²) in [6, 6.07) is 15.9. The van der Waals surface area contributed by atoms with Crippen molar-refractivity contribution in [2.75, 3.05) is 5.32 Å². The van der Waals surface area contributed by atoms with E-state index in [0.29, 0.717) is 0 Å². The third kappa shape index (κ3) is 2.82. The van der Waals surface area contributed by atoms with Crippen LogP contribution < -0.4 is 5.32 Å². The summed E-state index contributed by atoms with van der Waals surface area (Å²) in [6.07, 6.45) is 0. The van der Waals surface area contributed by atoms with Gasteiger partial charge >= 0.3 is 0 Å². The summed E-state index contributed by atoms with van der Waals surface area (Å²) in [5.74, 6) is 0.154. The third-order valence-electron chi connectivity index (χ3n) is 2.51. The highest BCUT2D eigenvalue weighted by Gasteiger charge is 2.11. The van der Waals surface area contributed by atoms with Crippen molar-refractivity contribution in [3.05, 3.63) is 58.6 Å². The third-order valence-corrected chi connectivity index (χ3v) is 3.20. The fraction of sp³-hybridized carbons (Fsp3) is 0.0714. The predicted molar refractivity (Wildman–Crippen MR) is 74.2 cm³/mol. The Bertz CT molecular complexity index is 592. The molecule has 0 bridgehead atoms. The van der Waals surface area contributed by atoms with Crippen molar-refractivity contribution < 1.29 is 5.11 Å². The van der Waals surface area contributed by atoms with Gasteiger partial charge in [-0.15, -0.1) is 0 Å². The average molecular weight is 303 g/mol. The smallest absolute Gasteiger partial charge is 0.140 e. The molecule has 1 atom stereocenters. The van der Waals surface area contributed by atoms with Gasteiger partial charge in [0, 0.05) is 10.2 Å². The molecule has 0 aliphatic carbocycles. The highest BCUT2D eigenvalue weighted by Crippen LogP contribution is 2.27. The van der Waals surface area contributed by atoms with Crippen LogP contribution in [0.3, 0.4) is 0 Å². The number of nitrogens with one attached hydrogen (secondary N) is 1. The van der Waals surface area contributed by atoms with Crippen LogP contribution in [0.15, 0.2) is 53.0 Å². The van der Waals surface area contributed by atoms with Gasteiger partial charge in [0.15, 0.2) is 0 Å². The number of phenolic OH excluding ortho intramolecular Hbond substituents is 1. The van der Waals surface area contributed by atoms with Gasteiger partial charge in [-0.3, -0.25) is 0 Å². The molecule has 0 heterocycles. The number of benzene rings is 2. The Morgan fingerprint density at radius 2 is 1.94 bits per heavy atom. The maximum Gasteiger partial charge on any atom is 0.140 e. The quantitative estimate of drug-likeness (QED) is 0.906. The molecule has 0 saturated heterocycles. The largest absolute Gasteiger partial charge is 0.508 e. The lowest BCUT2D eigenvalue weighted by molar-refractivity contribution is 0.474. The molecule has 0 aromatic heterocycles. The first-order chi connectivity index (χ1) is 8.70. The molecule has 0 saturated carbocycles. The molecule has 3 nitrogen and oxygen atoms in total. The highest BCUT2D eigenvalue weighted by atomic mass is 79.9. The van der Waals surface area contributed by atoms with Gasteiger partial charge in [0.25, 0.3) is 0 Å². The van der Waals surface area contributed by atoms with Crippen molar-refractivity contribution in [3.63, 3.8) is 0 Å². The highest BCUT2D eigenvalue weighted by molar-refractivity contribution is 9.10. The Morgan fingerprint density at radius 1 is 1.17 bits per heavy atom. The summed E-state index contributed by atoms with van der Waals surface area (Å²) >= 11 is 3.42. The van der Waals surface area contributed by atoms with Gasteiger partial charge in [-0.1, -0.05) is 24.3 Å². The van der Waals surface area contributed by atoms with Gasteiger partial charge in [-0.25, -0.2) is 0 Å². The van der Waals surface area contributed by atoms with Gasteiger partial charge in [0.1, 0.15) is 11.8 Å². The number of halogens is 1. The number of phenols is 1. The number of nitrogens with zero attached hydrogens (tertiary/aromatic N) is 1. The maximum absolute atomic E-state index is 9.43. The predicted octanol–water partition coefficient (Wildman–Crippen LogP) is 3.83. The molecule has 90 valence electrons. The molecule has 0 spiro atoms. The molecule has 2 N–H and O–H groups in total. The van der Waals surface area contributed by atoms with Gasteiger partial charge in [-0.2, -0.15) is 5.26 Å². The van der Waals surface area contributed by atoms with Crippen LogP contribution in [0.5, 0.6) is 5.75 Å². The number of hydrogen-bond acceptors (Lipinski definition) is 3. The van der Waals surface area contributed by atoms with E-state index in [1.54, 1.807) is 24.3 Å². The van der Waals surface area contributed by atoms with Crippen molar-refractivity contribution in [1.29, 1.82) is 5.26 Å². The van der Waals surface area contributed by atoms with Crippen molar-refractivity contribution in [2.24, 2.45) is 0 Å². The minimum Gasteiger partial charge on any atom is -0.508 e. The van der Waals surface area contributed by atoms with Crippen LogP contribution in [0, 0.1) is 11.3 Å². The van der Waals surface area contributed by atoms with Gasteiger partial charge < -0.3 is 10.4 Å². The van der Waals surface area contributed by atoms with E-state index < -0.39 is 6.04 Å². The molecule has 2 aromatic carbocycles. The summed E-state index contributed by atoms with van der Waals surface area (Å²) in [4.78, 5) is 0. The summed E-state index contributed by atoms with van der Waals surface area (Å²) in [6.45, 7) is 0. The zero-order valence-corrected chi connectivity index (χ0v) is 11.1. The minimum absolute atomic E-state index is 0.154. The van der Waals surface area contributed by atoms with Gasteiger partial charge in [0.05, 0.1) is 6.07 Å². The molecular formula is C14H11BrN2O. The summed E-state index contributed by atoms with van der Waals surface area (Å²) in [5, 5.41) is 21.8. The van der Waals surface area contributed by atoms with Crippen LogP contribution in [0.4, 0.5) is 5.69 Å². The normalized spacial score (nSPS) is 11.6. The second-order valence-electron chi connectivity index (χ2n) is 3.78. The number of aromatic hydroxyl groups is 1. The lowest BCUT2D eigenvalue weighted by atomic mass is 10.1. The van der Waals surface area contributed by atoms with Crippen molar-refractivity contribution in [3.8, 4) is 11.8 Å². The fourth-order valence-corrected chi connectivity index (χ4v) is 2.03. The first kappa shape index (κ1) is 12.5. The molecule has 0 aliphatic heterocycles. The molecule has 4 heteroatoms. The maximum atomic E-state index is 9.43. The van der Waals surface area contributed by atoms with Crippen molar-refractivity contribution in [2.45, 2.75) is 6.04 Å². The van der Waals surface area contributed by atoms with E-state index in [9.17, 15) is 10.4 Å². The van der Waals surface area contributed by atoms with Crippen LogP contribution in [0.2, 0.25) is 0 Å². The SMILES string of the molecule is N#CC(Nc1ccccc1Br)c1cccc(O)c1. The number of anilines is 1. The monoisotopic (exact) mass is 302 g/mol. The first-order valence-electron chi connectivity index (χ1n) is 5.40. The van der Waals surface area contributed by atoms with E-state index in [-0.39, 0.29) is 5.75 Å². The Labute approximate surface area is 114 Å². The van der Waals surface area contributed by atoms with Crippen LogP contribution in [0.1, 0.15) is 11.6 Å². The number of para-hydroxylation sites is 1. The van der Waals surface area contributed by atoms with E-state index in [0.717, 1.165) is 15.7 Å². The van der Waals surface area contributed by atoms with Crippen LogP contribution in [-0.4, -0.2) is 5.11 Å². The Morgan fingerprint density at radius 3 is 2.61 bits per heavy atom. The van der Waals surface area contributed by atoms with Crippen molar-refractivity contribution in [1.82, 2.24) is 0 Å². The first-order valence-corrected chi connectivity index (χ1v) is 6.19. The Balaban J connectivity index is 2.26. The summed E-state index contributed by atoms with van der Waals surface area (Å²) in [5.41, 5.74) is 1.57. The van der Waals surface area contributed by atoms with E-state index in [4.69, 9.17) is 0 Å². The second-order valence-corrected chi connectivity index (χ2v) is 4.64. The number of nitriles is 1. The second kappa shape index (κ2) is 5.56. The zero-order chi connectivity index (χ0) is 13.0. The molecule has 1 unspecified atom stereocenters. The topological polar surface area (TPSA) is 56.0 Å². The molecule has 18 heavy (non-hydrogen) atoms. The minimum atomic E-state index is -0.504. The number of hydrogen-bond donors (Lipinski definition) is 2. The van der Waals surface area contributed by atoms with E-state index >= 15 is 0 Å². The Kier molecular flexibility index (Phi) is 3.85. The van der Waals surface area contributed by atoms with E-state index in [2.05, 4.69) is 27.3 Å². The van der Waals surface area contributed by atoms with Gasteiger partial charge in [0.2, 0.25) is 0 Å². The lowest BCUT2D eigenvalue weighted by Crippen LogP contribution is -2.08. The van der Waals surface area contributed by atoms with E-state index in [1.165, 1.54) is 0 Å². The zero-order valence-electron chi connectivity index (χ0n) is 9.47. The molecule has 2 rings (SSSR count). The molecule has 0 radical (unpaired) electrons. The molecule has 0 fully saturated rings. The van der Waals surface area contributed by atoms with E-state index in [1.807, 2.05) is 24.3 Å². The fourth-order valence-electron chi connectivity index (χ4n) is 1.63. The van der Waals surface area contributed by atoms with Crippen LogP contribution in [0.25, 0.3) is 0 Å². The van der Waals surface area contributed by atoms with Gasteiger partial charge in [-0.05, 0) is 45.8 Å². The average Bonchev–Trinajstić information content (AvgIpc) is 2.38. The summed E-state index contributed by atoms with van der Waals surface area (Å²) in [7, 11) is 0. The van der Waals surface area contributed by atoms with Crippen molar-refractivity contribution >= 4 is 21.6 Å². The Hall–Kier alpha value is -1.99. The standard InChI is InChI=1S/C14H11BrN2O/c15-12-6-1-2-7-13(12)17-14(9-16)10-4-3-5-11(18)8-10/h1-8,14,17-18H. The van der Waals surface area contributed by atoms with Crippen LogP contribution >= 0.6 is 15.9 Å². The summed E-state index contributed by atoms with van der Waals surface area (Å²) < 4.78 is 0.894. The molecular weight excluding hydrogens is 292 g/mol. The number of rotatable bonds is 3. The van der Waals surface area contributed by atoms with Crippen LogP contribution in [-0.2, 0) is 0 Å². The molecule has 0 aliphatic rings. The molecule has 0 amide bonds. The molecule has 2 aromatic rings.